The monoisotopic (exact) mass is 412 g/mol. The molecule has 3 aromatic carbocycles. The molecule has 0 fully saturated rings. The lowest BCUT2D eigenvalue weighted by molar-refractivity contribution is 0.262. The number of rotatable bonds is 6. The average Bonchev–Trinajstić information content (AvgIpc) is 2.75. The van der Waals surface area contributed by atoms with E-state index in [1.165, 1.54) is 0 Å². The second-order valence-corrected chi connectivity index (χ2v) is 7.09. The van der Waals surface area contributed by atoms with E-state index < -0.39 is 0 Å². The second kappa shape index (κ2) is 9.13. The van der Waals surface area contributed by atoms with Gasteiger partial charge in [-0.25, -0.2) is 9.78 Å². The molecule has 0 atom stereocenters. The quantitative estimate of drug-likeness (QED) is 0.323. The van der Waals surface area contributed by atoms with Gasteiger partial charge in [0, 0.05) is 35.4 Å². The zero-order valence-corrected chi connectivity index (χ0v) is 17.4. The van der Waals surface area contributed by atoms with E-state index in [0.29, 0.717) is 17.5 Å². The summed E-state index contributed by atoms with van der Waals surface area (Å²) in [6, 6.07) is 22.9. The van der Waals surface area contributed by atoms with Crippen LogP contribution in [0.2, 0.25) is 0 Å². The van der Waals surface area contributed by atoms with Crippen LogP contribution in [0.25, 0.3) is 10.8 Å². The summed E-state index contributed by atoms with van der Waals surface area (Å²) >= 11 is 0. The Bertz CT molecular complexity index is 1210. The van der Waals surface area contributed by atoms with Gasteiger partial charge in [-0.2, -0.15) is 4.98 Å². The van der Waals surface area contributed by atoms with E-state index in [1.807, 2.05) is 86.6 Å². The molecule has 0 bridgehead atoms. The third kappa shape index (κ3) is 5.27. The van der Waals surface area contributed by atoms with E-state index in [0.717, 1.165) is 34.4 Å². The standard InChI is InChI=1S/C24H24N6O/c1-3-25-23-26-16(2)14-22(30-23)27-19-10-12-20(13-11-19)28-24(31)29-21-9-8-17-6-4-5-7-18(17)15-21/h4-15H,3H2,1-2H3,(H2,28,29,31)(H2,25,26,27,30). The maximum absolute atomic E-state index is 12.4. The van der Waals surface area contributed by atoms with Gasteiger partial charge in [0.15, 0.2) is 0 Å². The molecular formula is C24H24N6O. The number of hydrogen-bond donors (Lipinski definition) is 4. The summed E-state index contributed by atoms with van der Waals surface area (Å²) in [7, 11) is 0. The molecule has 0 radical (unpaired) electrons. The highest BCUT2D eigenvalue weighted by Crippen LogP contribution is 2.21. The van der Waals surface area contributed by atoms with Gasteiger partial charge >= 0.3 is 6.03 Å². The molecule has 0 saturated heterocycles. The van der Waals surface area contributed by atoms with E-state index in [9.17, 15) is 4.79 Å². The van der Waals surface area contributed by atoms with Crippen molar-refractivity contribution in [3.05, 3.63) is 78.5 Å². The van der Waals surface area contributed by atoms with Crippen LogP contribution in [0.1, 0.15) is 12.6 Å². The Morgan fingerprint density at radius 1 is 0.806 bits per heavy atom. The van der Waals surface area contributed by atoms with Gasteiger partial charge in [0.2, 0.25) is 5.95 Å². The number of amides is 2. The van der Waals surface area contributed by atoms with Gasteiger partial charge in [-0.05, 0) is 61.0 Å². The minimum absolute atomic E-state index is 0.294. The fourth-order valence-electron chi connectivity index (χ4n) is 3.22. The number of hydrogen-bond acceptors (Lipinski definition) is 5. The van der Waals surface area contributed by atoms with Crippen molar-refractivity contribution in [3.63, 3.8) is 0 Å². The molecule has 4 N–H and O–H groups in total. The maximum Gasteiger partial charge on any atom is 0.323 e. The molecule has 156 valence electrons. The zero-order chi connectivity index (χ0) is 21.6. The highest BCUT2D eigenvalue weighted by atomic mass is 16.2. The topological polar surface area (TPSA) is 91.0 Å². The molecule has 0 saturated carbocycles. The Morgan fingerprint density at radius 3 is 2.26 bits per heavy atom. The highest BCUT2D eigenvalue weighted by Gasteiger charge is 2.05. The fraction of sp³-hybridized carbons (Fsp3) is 0.125. The Labute approximate surface area is 180 Å². The summed E-state index contributed by atoms with van der Waals surface area (Å²) in [6.07, 6.45) is 0. The molecular weight excluding hydrogens is 388 g/mol. The Morgan fingerprint density at radius 2 is 1.48 bits per heavy atom. The fourth-order valence-corrected chi connectivity index (χ4v) is 3.22. The van der Waals surface area contributed by atoms with Crippen LogP contribution in [0, 0.1) is 6.92 Å². The molecule has 4 rings (SSSR count). The van der Waals surface area contributed by atoms with E-state index in [4.69, 9.17) is 0 Å². The van der Waals surface area contributed by atoms with Gasteiger partial charge in [-0.15, -0.1) is 0 Å². The van der Waals surface area contributed by atoms with Crippen molar-refractivity contribution < 1.29 is 4.79 Å². The number of urea groups is 1. The van der Waals surface area contributed by atoms with Gasteiger partial charge in [0.25, 0.3) is 0 Å². The first kappa shape index (κ1) is 20.2. The first-order valence-electron chi connectivity index (χ1n) is 10.1. The van der Waals surface area contributed by atoms with Gasteiger partial charge in [-0.1, -0.05) is 30.3 Å². The highest BCUT2D eigenvalue weighted by molar-refractivity contribution is 6.01. The summed E-state index contributed by atoms with van der Waals surface area (Å²) < 4.78 is 0. The molecule has 7 heteroatoms. The number of aryl methyl sites for hydroxylation is 1. The third-order valence-electron chi connectivity index (χ3n) is 4.61. The number of nitrogens with one attached hydrogen (secondary N) is 4. The van der Waals surface area contributed by atoms with Gasteiger partial charge in [-0.3, -0.25) is 0 Å². The van der Waals surface area contributed by atoms with Crippen LogP contribution in [0.15, 0.2) is 72.8 Å². The Hall–Kier alpha value is -4.13. The lowest BCUT2D eigenvalue weighted by Crippen LogP contribution is -2.19. The minimum Gasteiger partial charge on any atom is -0.354 e. The number of carbonyl (C=O) groups is 1. The first-order chi connectivity index (χ1) is 15.1. The maximum atomic E-state index is 12.4. The molecule has 4 aromatic rings. The second-order valence-electron chi connectivity index (χ2n) is 7.09. The van der Waals surface area contributed by atoms with E-state index >= 15 is 0 Å². The molecule has 0 spiro atoms. The van der Waals surface area contributed by atoms with E-state index in [2.05, 4.69) is 31.2 Å². The van der Waals surface area contributed by atoms with Gasteiger partial charge in [0.1, 0.15) is 5.82 Å². The summed E-state index contributed by atoms with van der Waals surface area (Å²) in [5.74, 6) is 1.30. The number of aromatic nitrogens is 2. The molecule has 0 unspecified atom stereocenters. The Balaban J connectivity index is 1.38. The molecule has 2 amide bonds. The summed E-state index contributed by atoms with van der Waals surface area (Å²) in [6.45, 7) is 4.68. The average molecular weight is 412 g/mol. The molecule has 0 aliphatic rings. The third-order valence-corrected chi connectivity index (χ3v) is 4.61. The summed E-state index contributed by atoms with van der Waals surface area (Å²) in [5.41, 5.74) is 3.17. The van der Waals surface area contributed by atoms with Crippen LogP contribution in [0.4, 0.5) is 33.6 Å². The van der Waals surface area contributed by atoms with Gasteiger partial charge in [0.05, 0.1) is 0 Å². The van der Waals surface area contributed by atoms with Crippen molar-refractivity contribution in [2.24, 2.45) is 0 Å². The van der Waals surface area contributed by atoms with Crippen molar-refractivity contribution in [2.75, 3.05) is 27.8 Å². The minimum atomic E-state index is -0.294. The number of fused-ring (bicyclic) bond motifs is 1. The SMILES string of the molecule is CCNc1nc(C)cc(Nc2ccc(NC(=O)Nc3ccc4ccccc4c3)cc2)n1. The van der Waals surface area contributed by atoms with E-state index in [1.54, 1.807) is 0 Å². The lowest BCUT2D eigenvalue weighted by atomic mass is 10.1. The zero-order valence-electron chi connectivity index (χ0n) is 17.4. The van der Waals surface area contributed by atoms with Gasteiger partial charge < -0.3 is 21.3 Å². The molecule has 1 aromatic heterocycles. The van der Waals surface area contributed by atoms with Crippen LogP contribution in [-0.4, -0.2) is 22.5 Å². The summed E-state index contributed by atoms with van der Waals surface area (Å²) in [5, 5.41) is 14.3. The molecule has 31 heavy (non-hydrogen) atoms. The summed E-state index contributed by atoms with van der Waals surface area (Å²) in [4.78, 5) is 21.2. The first-order valence-corrected chi connectivity index (χ1v) is 10.1. The van der Waals surface area contributed by atoms with Crippen molar-refractivity contribution in [3.8, 4) is 0 Å². The lowest BCUT2D eigenvalue weighted by Gasteiger charge is -2.11. The van der Waals surface area contributed by atoms with Crippen LogP contribution < -0.4 is 21.3 Å². The van der Waals surface area contributed by atoms with E-state index in [-0.39, 0.29) is 6.03 Å². The predicted molar refractivity (Wildman–Crippen MR) is 127 cm³/mol. The number of benzene rings is 3. The Kier molecular flexibility index (Phi) is 5.93. The molecule has 1 heterocycles. The normalized spacial score (nSPS) is 10.5. The number of anilines is 5. The van der Waals surface area contributed by atoms with Crippen molar-refractivity contribution in [1.82, 2.24) is 9.97 Å². The largest absolute Gasteiger partial charge is 0.354 e. The van der Waals surface area contributed by atoms with Crippen LogP contribution in [-0.2, 0) is 0 Å². The van der Waals surface area contributed by atoms with Crippen molar-refractivity contribution >= 4 is 45.6 Å². The molecule has 7 nitrogen and oxygen atoms in total. The number of nitrogens with zero attached hydrogens (tertiary/aromatic N) is 2. The van der Waals surface area contributed by atoms with Crippen molar-refractivity contribution in [2.45, 2.75) is 13.8 Å². The predicted octanol–water partition coefficient (Wildman–Crippen LogP) is 5.76. The number of carbonyl (C=O) groups excluding carboxylic acids is 1. The van der Waals surface area contributed by atoms with Crippen LogP contribution >= 0.6 is 0 Å². The molecule has 0 aliphatic carbocycles. The van der Waals surface area contributed by atoms with Crippen LogP contribution in [0.3, 0.4) is 0 Å². The van der Waals surface area contributed by atoms with Crippen molar-refractivity contribution in [1.29, 1.82) is 0 Å². The van der Waals surface area contributed by atoms with Crippen LogP contribution in [0.5, 0.6) is 0 Å². The smallest absolute Gasteiger partial charge is 0.323 e. The molecule has 0 aliphatic heterocycles.